The largest absolute Gasteiger partial charge is 0.417 e. The van der Waals surface area contributed by atoms with Crippen LogP contribution in [0.5, 0.6) is 0 Å². The Morgan fingerprint density at radius 1 is 1.24 bits per heavy atom. The van der Waals surface area contributed by atoms with E-state index in [9.17, 15) is 17.6 Å². The minimum atomic E-state index is -4.51. The van der Waals surface area contributed by atoms with Crippen molar-refractivity contribution in [2.75, 3.05) is 6.54 Å². The lowest BCUT2D eigenvalue weighted by Crippen LogP contribution is -2.38. The molecule has 0 atom stereocenters. The Morgan fingerprint density at radius 3 is 2.57 bits per heavy atom. The zero-order valence-electron chi connectivity index (χ0n) is 11.7. The van der Waals surface area contributed by atoms with Gasteiger partial charge in [-0.05, 0) is 19.9 Å². The molecule has 3 heterocycles. The molecule has 0 N–H and O–H groups in total. The number of halogens is 4. The SMILES string of the molecule is CC(C)N1CCn2c(c(F)c3cc(C(F)(F)F)cnc32)C1. The number of nitrogens with zero attached hydrogens (tertiary/aromatic N) is 3. The molecular formula is C14H15F4N3. The van der Waals surface area contributed by atoms with E-state index in [1.165, 1.54) is 0 Å². The van der Waals surface area contributed by atoms with Crippen molar-refractivity contribution in [1.29, 1.82) is 0 Å². The van der Waals surface area contributed by atoms with Crippen LogP contribution in [0, 0.1) is 5.82 Å². The Bertz CT molecular complexity index is 688. The average Bonchev–Trinajstić information content (AvgIpc) is 2.70. The third kappa shape index (κ3) is 2.29. The van der Waals surface area contributed by atoms with Gasteiger partial charge in [0.15, 0.2) is 5.82 Å². The second-order valence-electron chi connectivity index (χ2n) is 5.57. The minimum Gasteiger partial charge on any atom is -0.324 e. The van der Waals surface area contributed by atoms with E-state index in [2.05, 4.69) is 9.88 Å². The van der Waals surface area contributed by atoms with Crippen LogP contribution in [-0.2, 0) is 19.3 Å². The standard InChI is InChI=1S/C14H15F4N3/c1-8(2)20-3-4-21-11(7-20)12(15)10-5-9(14(16,17)18)6-19-13(10)21/h5-6,8H,3-4,7H2,1-2H3. The van der Waals surface area contributed by atoms with Gasteiger partial charge < -0.3 is 4.57 Å². The fourth-order valence-electron chi connectivity index (χ4n) is 2.73. The molecule has 7 heteroatoms. The maximum absolute atomic E-state index is 14.5. The molecule has 0 aliphatic carbocycles. The van der Waals surface area contributed by atoms with Gasteiger partial charge in [-0.2, -0.15) is 13.2 Å². The van der Waals surface area contributed by atoms with Crippen LogP contribution in [0.4, 0.5) is 17.6 Å². The highest BCUT2D eigenvalue weighted by Crippen LogP contribution is 2.34. The van der Waals surface area contributed by atoms with Crippen molar-refractivity contribution in [2.45, 2.75) is 39.2 Å². The fraction of sp³-hybridized carbons (Fsp3) is 0.500. The molecule has 0 unspecified atom stereocenters. The van der Waals surface area contributed by atoms with Gasteiger partial charge in [0, 0.05) is 31.9 Å². The Balaban J connectivity index is 2.13. The number of alkyl halides is 3. The number of hydrogen-bond acceptors (Lipinski definition) is 2. The molecule has 3 rings (SSSR count). The highest BCUT2D eigenvalue weighted by Gasteiger charge is 2.33. The van der Waals surface area contributed by atoms with Crippen molar-refractivity contribution in [3.8, 4) is 0 Å². The van der Waals surface area contributed by atoms with Crippen molar-refractivity contribution < 1.29 is 17.6 Å². The molecule has 0 saturated carbocycles. The van der Waals surface area contributed by atoms with Crippen LogP contribution in [0.25, 0.3) is 11.0 Å². The number of hydrogen-bond donors (Lipinski definition) is 0. The topological polar surface area (TPSA) is 21.1 Å². The summed E-state index contributed by atoms with van der Waals surface area (Å²) in [5.74, 6) is -0.589. The third-order valence-corrected chi connectivity index (χ3v) is 3.96. The van der Waals surface area contributed by atoms with E-state index in [1.54, 1.807) is 4.57 Å². The van der Waals surface area contributed by atoms with Crippen molar-refractivity contribution in [3.05, 3.63) is 29.3 Å². The maximum atomic E-state index is 14.5. The molecule has 0 radical (unpaired) electrons. The second-order valence-corrected chi connectivity index (χ2v) is 5.57. The Kier molecular flexibility index (Phi) is 3.20. The van der Waals surface area contributed by atoms with Crippen molar-refractivity contribution in [1.82, 2.24) is 14.5 Å². The molecule has 0 spiro atoms. The molecule has 0 bridgehead atoms. The van der Waals surface area contributed by atoms with Gasteiger partial charge in [-0.3, -0.25) is 4.90 Å². The summed E-state index contributed by atoms with van der Waals surface area (Å²) >= 11 is 0. The van der Waals surface area contributed by atoms with Gasteiger partial charge in [-0.25, -0.2) is 9.37 Å². The summed E-state index contributed by atoms with van der Waals surface area (Å²) in [5, 5.41) is -0.0505. The first-order chi connectivity index (χ1) is 9.79. The van der Waals surface area contributed by atoms with Gasteiger partial charge in [0.1, 0.15) is 5.65 Å². The molecule has 2 aromatic rings. The van der Waals surface area contributed by atoms with Crippen molar-refractivity contribution in [2.24, 2.45) is 0 Å². The molecule has 21 heavy (non-hydrogen) atoms. The third-order valence-electron chi connectivity index (χ3n) is 3.96. The minimum absolute atomic E-state index is 0.0505. The predicted octanol–water partition coefficient (Wildman–Crippen LogP) is 3.42. The van der Waals surface area contributed by atoms with E-state index in [4.69, 9.17) is 0 Å². The lowest BCUT2D eigenvalue weighted by Gasteiger charge is -2.31. The molecule has 0 aromatic carbocycles. The number of pyridine rings is 1. The van der Waals surface area contributed by atoms with Crippen LogP contribution in [0.3, 0.4) is 0 Å². The summed E-state index contributed by atoms with van der Waals surface area (Å²) < 4.78 is 54.3. The summed E-state index contributed by atoms with van der Waals surface area (Å²) in [7, 11) is 0. The highest BCUT2D eigenvalue weighted by molar-refractivity contribution is 5.79. The Morgan fingerprint density at radius 2 is 1.95 bits per heavy atom. The Hall–Kier alpha value is -1.63. The molecule has 2 aromatic heterocycles. The van der Waals surface area contributed by atoms with Crippen LogP contribution >= 0.6 is 0 Å². The quantitative estimate of drug-likeness (QED) is 0.753. The summed E-state index contributed by atoms with van der Waals surface area (Å²) in [5.41, 5.74) is -0.215. The summed E-state index contributed by atoms with van der Waals surface area (Å²) in [4.78, 5) is 5.92. The van der Waals surface area contributed by atoms with Crippen LogP contribution in [0.1, 0.15) is 25.1 Å². The van der Waals surface area contributed by atoms with E-state index in [0.717, 1.165) is 18.8 Å². The summed E-state index contributed by atoms with van der Waals surface area (Å²) in [6, 6.07) is 1.11. The summed E-state index contributed by atoms with van der Waals surface area (Å²) in [6.07, 6.45) is -3.75. The van der Waals surface area contributed by atoms with Gasteiger partial charge in [-0.15, -0.1) is 0 Å². The van der Waals surface area contributed by atoms with Crippen LogP contribution in [0.2, 0.25) is 0 Å². The summed E-state index contributed by atoms with van der Waals surface area (Å²) in [6.45, 7) is 5.68. The van der Waals surface area contributed by atoms with Crippen molar-refractivity contribution >= 4 is 11.0 Å². The molecule has 0 fully saturated rings. The van der Waals surface area contributed by atoms with Crippen LogP contribution in [-0.4, -0.2) is 27.0 Å². The average molecular weight is 301 g/mol. The zero-order chi connectivity index (χ0) is 15.4. The van der Waals surface area contributed by atoms with E-state index < -0.39 is 17.6 Å². The lowest BCUT2D eigenvalue weighted by molar-refractivity contribution is -0.137. The van der Waals surface area contributed by atoms with E-state index in [-0.39, 0.29) is 11.4 Å². The molecule has 114 valence electrons. The van der Waals surface area contributed by atoms with Gasteiger partial charge in [-0.1, -0.05) is 0 Å². The maximum Gasteiger partial charge on any atom is 0.417 e. The lowest BCUT2D eigenvalue weighted by atomic mass is 10.2. The monoisotopic (exact) mass is 301 g/mol. The van der Waals surface area contributed by atoms with E-state index >= 15 is 0 Å². The van der Waals surface area contributed by atoms with Gasteiger partial charge >= 0.3 is 6.18 Å². The molecular weight excluding hydrogens is 286 g/mol. The second kappa shape index (κ2) is 4.69. The van der Waals surface area contributed by atoms with E-state index in [0.29, 0.717) is 24.4 Å². The molecule has 1 aliphatic heterocycles. The van der Waals surface area contributed by atoms with Gasteiger partial charge in [0.25, 0.3) is 0 Å². The smallest absolute Gasteiger partial charge is 0.324 e. The number of fused-ring (bicyclic) bond motifs is 3. The van der Waals surface area contributed by atoms with E-state index in [1.807, 2.05) is 13.8 Å². The molecule has 0 amide bonds. The Labute approximate surface area is 119 Å². The molecule has 0 saturated heterocycles. The first-order valence-electron chi connectivity index (χ1n) is 6.77. The van der Waals surface area contributed by atoms with Crippen molar-refractivity contribution in [3.63, 3.8) is 0 Å². The number of rotatable bonds is 1. The number of aromatic nitrogens is 2. The van der Waals surface area contributed by atoms with Crippen LogP contribution in [0.15, 0.2) is 12.3 Å². The van der Waals surface area contributed by atoms with Crippen LogP contribution < -0.4 is 0 Å². The first-order valence-corrected chi connectivity index (χ1v) is 6.77. The first kappa shape index (κ1) is 14.3. The highest BCUT2D eigenvalue weighted by atomic mass is 19.4. The van der Waals surface area contributed by atoms with Gasteiger partial charge in [0.2, 0.25) is 0 Å². The molecule has 1 aliphatic rings. The van der Waals surface area contributed by atoms with Gasteiger partial charge in [0.05, 0.1) is 16.6 Å². The fourth-order valence-corrected chi connectivity index (χ4v) is 2.73. The predicted molar refractivity (Wildman–Crippen MR) is 70.2 cm³/mol. The normalized spacial score (nSPS) is 16.7. The molecule has 3 nitrogen and oxygen atoms in total. The zero-order valence-corrected chi connectivity index (χ0v) is 11.7.